The highest BCUT2D eigenvalue weighted by atomic mass is 19.4. The van der Waals surface area contributed by atoms with E-state index in [0.29, 0.717) is 5.96 Å². The van der Waals surface area contributed by atoms with Gasteiger partial charge in [0.1, 0.15) is 5.75 Å². The van der Waals surface area contributed by atoms with Crippen LogP contribution in [0.2, 0.25) is 0 Å². The molecule has 0 saturated carbocycles. The topological polar surface area (TPSA) is 66.0 Å². The molecule has 2 N–H and O–H groups in total. The number of ether oxygens (including phenoxy) is 1. The molecule has 0 aromatic heterocycles. The number of hydrogen-bond donors (Lipinski definition) is 2. The van der Waals surface area contributed by atoms with Gasteiger partial charge in [-0.1, -0.05) is 42.5 Å². The van der Waals surface area contributed by atoms with Crippen molar-refractivity contribution in [3.05, 3.63) is 65.7 Å². The standard InChI is InChI=1S/C22H27F3N4O2/c1-16(18-7-5-4-6-8-18)28-21(27-14-20(30)29(2)3)26-13-17-9-11-19(12-10-17)31-15-22(23,24)25/h4-12,16H,13-15H2,1-3H3,(H2,26,27,28). The number of rotatable bonds is 8. The average Bonchev–Trinajstić information content (AvgIpc) is 2.74. The first kappa shape index (κ1) is 24.0. The maximum Gasteiger partial charge on any atom is 0.422 e. The normalized spacial score (nSPS) is 12.8. The van der Waals surface area contributed by atoms with E-state index in [-0.39, 0.29) is 30.8 Å². The molecule has 0 radical (unpaired) electrons. The Morgan fingerprint density at radius 1 is 1.10 bits per heavy atom. The SMILES string of the molecule is CC(NC(=NCc1ccc(OCC(F)(F)F)cc1)NCC(=O)N(C)C)c1ccccc1. The van der Waals surface area contributed by atoms with Crippen molar-refractivity contribution in [3.8, 4) is 5.75 Å². The zero-order valence-electron chi connectivity index (χ0n) is 17.7. The smallest absolute Gasteiger partial charge is 0.422 e. The van der Waals surface area contributed by atoms with E-state index in [2.05, 4.69) is 15.6 Å². The number of nitrogens with zero attached hydrogens (tertiary/aromatic N) is 2. The van der Waals surface area contributed by atoms with E-state index in [4.69, 9.17) is 4.74 Å². The first-order valence-corrected chi connectivity index (χ1v) is 9.72. The Labute approximate surface area is 180 Å². The molecule has 0 fully saturated rings. The second-order valence-electron chi connectivity index (χ2n) is 7.13. The van der Waals surface area contributed by atoms with Gasteiger partial charge in [0, 0.05) is 14.1 Å². The molecule has 0 saturated heterocycles. The van der Waals surface area contributed by atoms with Crippen molar-refractivity contribution in [3.63, 3.8) is 0 Å². The van der Waals surface area contributed by atoms with Crippen LogP contribution in [-0.2, 0) is 11.3 Å². The Morgan fingerprint density at radius 2 is 1.74 bits per heavy atom. The summed E-state index contributed by atoms with van der Waals surface area (Å²) < 4.78 is 41.5. The van der Waals surface area contributed by atoms with Crippen molar-refractivity contribution in [1.82, 2.24) is 15.5 Å². The number of guanidine groups is 1. The van der Waals surface area contributed by atoms with Gasteiger partial charge in [0.25, 0.3) is 0 Å². The van der Waals surface area contributed by atoms with E-state index in [1.54, 1.807) is 26.2 Å². The third-order valence-electron chi connectivity index (χ3n) is 4.30. The fourth-order valence-corrected chi connectivity index (χ4v) is 2.53. The van der Waals surface area contributed by atoms with Crippen molar-refractivity contribution >= 4 is 11.9 Å². The average molecular weight is 436 g/mol. The van der Waals surface area contributed by atoms with Gasteiger partial charge in [-0.05, 0) is 30.2 Å². The van der Waals surface area contributed by atoms with Gasteiger partial charge < -0.3 is 20.3 Å². The number of carbonyl (C=O) groups excluding carboxylic acids is 1. The number of halogens is 3. The molecule has 1 amide bonds. The van der Waals surface area contributed by atoms with Crippen LogP contribution < -0.4 is 15.4 Å². The molecule has 168 valence electrons. The summed E-state index contributed by atoms with van der Waals surface area (Å²) in [5, 5.41) is 6.28. The van der Waals surface area contributed by atoms with Gasteiger partial charge in [0.05, 0.1) is 19.1 Å². The molecule has 2 rings (SSSR count). The summed E-state index contributed by atoms with van der Waals surface area (Å²) in [6, 6.07) is 16.0. The van der Waals surface area contributed by atoms with Gasteiger partial charge in [-0.15, -0.1) is 0 Å². The minimum Gasteiger partial charge on any atom is -0.484 e. The predicted octanol–water partition coefficient (Wildman–Crippen LogP) is 3.51. The number of alkyl halides is 3. The summed E-state index contributed by atoms with van der Waals surface area (Å²) in [5.41, 5.74) is 1.84. The van der Waals surface area contributed by atoms with Crippen LogP contribution in [0, 0.1) is 0 Å². The van der Waals surface area contributed by atoms with Crippen LogP contribution in [0.5, 0.6) is 5.75 Å². The minimum absolute atomic E-state index is 0.0555. The summed E-state index contributed by atoms with van der Waals surface area (Å²) in [6.07, 6.45) is -4.38. The molecule has 2 aromatic carbocycles. The first-order valence-electron chi connectivity index (χ1n) is 9.72. The monoisotopic (exact) mass is 436 g/mol. The van der Waals surface area contributed by atoms with E-state index in [0.717, 1.165) is 11.1 Å². The molecule has 1 atom stereocenters. The molecule has 0 heterocycles. The Balaban J connectivity index is 2.04. The predicted molar refractivity (Wildman–Crippen MR) is 114 cm³/mol. The summed E-state index contributed by atoms with van der Waals surface area (Å²) in [7, 11) is 3.34. The molecule has 0 bridgehead atoms. The van der Waals surface area contributed by atoms with Crippen LogP contribution in [0.15, 0.2) is 59.6 Å². The van der Waals surface area contributed by atoms with Gasteiger partial charge >= 0.3 is 6.18 Å². The van der Waals surface area contributed by atoms with E-state index in [9.17, 15) is 18.0 Å². The number of amides is 1. The van der Waals surface area contributed by atoms with Crippen LogP contribution in [0.4, 0.5) is 13.2 Å². The van der Waals surface area contributed by atoms with Crippen molar-refractivity contribution in [1.29, 1.82) is 0 Å². The molecule has 6 nitrogen and oxygen atoms in total. The summed E-state index contributed by atoms with van der Waals surface area (Å²) >= 11 is 0. The highest BCUT2D eigenvalue weighted by Crippen LogP contribution is 2.19. The maximum absolute atomic E-state index is 12.3. The van der Waals surface area contributed by atoms with E-state index in [1.165, 1.54) is 17.0 Å². The number of likely N-dealkylation sites (N-methyl/N-ethyl adjacent to an activating group) is 1. The van der Waals surface area contributed by atoms with Crippen molar-refractivity contribution in [2.45, 2.75) is 25.7 Å². The fraction of sp³-hybridized carbons (Fsp3) is 0.364. The van der Waals surface area contributed by atoms with E-state index < -0.39 is 12.8 Å². The van der Waals surface area contributed by atoms with Gasteiger partial charge in [-0.3, -0.25) is 4.79 Å². The lowest BCUT2D eigenvalue weighted by molar-refractivity contribution is -0.153. The lowest BCUT2D eigenvalue weighted by Gasteiger charge is -2.19. The number of benzene rings is 2. The van der Waals surface area contributed by atoms with Crippen LogP contribution >= 0.6 is 0 Å². The second kappa shape index (κ2) is 11.2. The van der Waals surface area contributed by atoms with Gasteiger partial charge in [0.2, 0.25) is 5.91 Å². The number of hydrogen-bond acceptors (Lipinski definition) is 3. The highest BCUT2D eigenvalue weighted by molar-refractivity contribution is 5.86. The zero-order valence-corrected chi connectivity index (χ0v) is 17.7. The van der Waals surface area contributed by atoms with Crippen molar-refractivity contribution in [2.75, 3.05) is 27.2 Å². The number of carbonyl (C=O) groups is 1. The maximum atomic E-state index is 12.3. The molecule has 31 heavy (non-hydrogen) atoms. The van der Waals surface area contributed by atoms with Gasteiger partial charge in [-0.2, -0.15) is 13.2 Å². The Kier molecular flexibility index (Phi) is 8.72. The second-order valence-corrected chi connectivity index (χ2v) is 7.13. The molecule has 1 unspecified atom stereocenters. The molecule has 0 aliphatic rings. The lowest BCUT2D eigenvalue weighted by Crippen LogP contribution is -2.43. The molecular weight excluding hydrogens is 409 g/mol. The summed E-state index contributed by atoms with van der Waals surface area (Å²) in [4.78, 5) is 17.9. The number of nitrogens with one attached hydrogen (secondary N) is 2. The summed E-state index contributed by atoms with van der Waals surface area (Å²) in [6.45, 7) is 0.990. The van der Waals surface area contributed by atoms with Gasteiger partial charge in [-0.25, -0.2) is 4.99 Å². The quantitative estimate of drug-likeness (QED) is 0.491. The molecule has 0 aliphatic heterocycles. The lowest BCUT2D eigenvalue weighted by atomic mass is 10.1. The molecule has 9 heteroatoms. The zero-order chi connectivity index (χ0) is 22.9. The molecule has 0 spiro atoms. The van der Waals surface area contributed by atoms with E-state index in [1.807, 2.05) is 37.3 Å². The molecule has 2 aromatic rings. The third kappa shape index (κ3) is 8.98. The van der Waals surface area contributed by atoms with Crippen LogP contribution in [-0.4, -0.2) is 50.2 Å². The third-order valence-corrected chi connectivity index (χ3v) is 4.30. The highest BCUT2D eigenvalue weighted by Gasteiger charge is 2.28. The van der Waals surface area contributed by atoms with E-state index >= 15 is 0 Å². The first-order chi connectivity index (χ1) is 14.6. The molecular formula is C22H27F3N4O2. The van der Waals surface area contributed by atoms with Crippen LogP contribution in [0.1, 0.15) is 24.1 Å². The number of aliphatic imine (C=N–C) groups is 1. The van der Waals surface area contributed by atoms with Crippen LogP contribution in [0.25, 0.3) is 0 Å². The largest absolute Gasteiger partial charge is 0.484 e. The Morgan fingerprint density at radius 3 is 2.32 bits per heavy atom. The van der Waals surface area contributed by atoms with Crippen molar-refractivity contribution < 1.29 is 22.7 Å². The molecule has 0 aliphatic carbocycles. The Hall–Kier alpha value is -3.23. The summed E-state index contributed by atoms with van der Waals surface area (Å²) in [5.74, 6) is 0.479. The van der Waals surface area contributed by atoms with Gasteiger partial charge in [0.15, 0.2) is 12.6 Å². The van der Waals surface area contributed by atoms with Crippen LogP contribution in [0.3, 0.4) is 0 Å². The van der Waals surface area contributed by atoms with Crippen molar-refractivity contribution in [2.24, 2.45) is 4.99 Å². The minimum atomic E-state index is -4.38. The fourth-order valence-electron chi connectivity index (χ4n) is 2.53. The Bertz CT molecular complexity index is 853.